The monoisotopic (exact) mass is 264 g/mol. The lowest BCUT2D eigenvalue weighted by molar-refractivity contribution is 0.0787. The molecule has 1 aromatic rings. The van der Waals surface area contributed by atoms with Gasteiger partial charge in [-0.3, -0.25) is 4.79 Å². The maximum absolute atomic E-state index is 12.2. The third-order valence-corrected chi connectivity index (χ3v) is 2.81. The molecule has 0 aliphatic heterocycles. The molecule has 0 saturated carbocycles. The van der Waals surface area contributed by atoms with E-state index in [1.54, 1.807) is 17.9 Å². The first kappa shape index (κ1) is 15.4. The minimum Gasteiger partial charge on any atom is -0.370 e. The summed E-state index contributed by atoms with van der Waals surface area (Å²) in [5.74, 6) is 1.30. The van der Waals surface area contributed by atoms with Crippen molar-refractivity contribution >= 4 is 11.7 Å². The van der Waals surface area contributed by atoms with Gasteiger partial charge >= 0.3 is 0 Å². The smallest absolute Gasteiger partial charge is 0.272 e. The van der Waals surface area contributed by atoms with Crippen molar-refractivity contribution in [1.29, 1.82) is 0 Å². The predicted octanol–water partition coefficient (Wildman–Crippen LogP) is 2.48. The van der Waals surface area contributed by atoms with Crippen LogP contribution in [0.4, 0.5) is 5.82 Å². The van der Waals surface area contributed by atoms with Crippen molar-refractivity contribution in [3.63, 3.8) is 0 Å². The Kier molecular flexibility index (Phi) is 6.25. The van der Waals surface area contributed by atoms with Crippen LogP contribution >= 0.6 is 0 Å². The van der Waals surface area contributed by atoms with Gasteiger partial charge in [-0.25, -0.2) is 9.97 Å². The zero-order valence-electron chi connectivity index (χ0n) is 12.4. The summed E-state index contributed by atoms with van der Waals surface area (Å²) in [6, 6.07) is 1.73. The van der Waals surface area contributed by atoms with Crippen molar-refractivity contribution in [3.8, 4) is 0 Å². The molecule has 0 aliphatic rings. The Hall–Kier alpha value is -1.65. The minimum absolute atomic E-state index is 0.0431. The molecule has 0 unspecified atom stereocenters. The highest BCUT2D eigenvalue weighted by Gasteiger charge is 2.14. The first-order valence-corrected chi connectivity index (χ1v) is 6.93. The van der Waals surface area contributed by atoms with E-state index in [0.717, 1.165) is 38.2 Å². The van der Waals surface area contributed by atoms with E-state index in [1.165, 1.54) is 0 Å². The number of aromatic nitrogens is 2. The standard InChI is InChI=1S/C14H24N4O/c1-5-7-9-18(4)14(19)12-10-13(15-8-6-2)17-11(3)16-12/h10H,5-9H2,1-4H3,(H,15,16,17). The van der Waals surface area contributed by atoms with E-state index in [0.29, 0.717) is 11.5 Å². The van der Waals surface area contributed by atoms with E-state index in [2.05, 4.69) is 29.1 Å². The third kappa shape index (κ3) is 4.85. The fourth-order valence-corrected chi connectivity index (χ4v) is 1.71. The second-order valence-electron chi connectivity index (χ2n) is 4.69. The minimum atomic E-state index is -0.0431. The van der Waals surface area contributed by atoms with E-state index in [-0.39, 0.29) is 5.91 Å². The van der Waals surface area contributed by atoms with E-state index in [9.17, 15) is 4.79 Å². The van der Waals surface area contributed by atoms with Crippen molar-refractivity contribution in [2.75, 3.05) is 25.5 Å². The summed E-state index contributed by atoms with van der Waals surface area (Å²) < 4.78 is 0. The van der Waals surface area contributed by atoms with Gasteiger partial charge in [-0.2, -0.15) is 0 Å². The van der Waals surface area contributed by atoms with Crippen LogP contribution in [0.25, 0.3) is 0 Å². The van der Waals surface area contributed by atoms with Crippen LogP contribution in [-0.2, 0) is 0 Å². The van der Waals surface area contributed by atoms with Crippen molar-refractivity contribution in [1.82, 2.24) is 14.9 Å². The molecule has 0 spiro atoms. The van der Waals surface area contributed by atoms with Crippen molar-refractivity contribution in [3.05, 3.63) is 17.6 Å². The molecular formula is C14H24N4O. The third-order valence-electron chi connectivity index (χ3n) is 2.81. The molecule has 0 bridgehead atoms. The summed E-state index contributed by atoms with van der Waals surface area (Å²) in [5, 5.41) is 3.19. The first-order chi connectivity index (χ1) is 9.08. The molecular weight excluding hydrogens is 240 g/mol. The van der Waals surface area contributed by atoms with E-state index in [4.69, 9.17) is 0 Å². The van der Waals surface area contributed by atoms with Crippen LogP contribution in [0.3, 0.4) is 0 Å². The van der Waals surface area contributed by atoms with Gasteiger partial charge in [0.1, 0.15) is 17.3 Å². The fraction of sp³-hybridized carbons (Fsp3) is 0.643. The van der Waals surface area contributed by atoms with Gasteiger partial charge in [0.25, 0.3) is 5.91 Å². The van der Waals surface area contributed by atoms with Gasteiger partial charge in [0.05, 0.1) is 0 Å². The highest BCUT2D eigenvalue weighted by Crippen LogP contribution is 2.09. The lowest BCUT2D eigenvalue weighted by atomic mass is 10.3. The topological polar surface area (TPSA) is 58.1 Å². The number of carbonyl (C=O) groups excluding carboxylic acids is 1. The summed E-state index contributed by atoms with van der Waals surface area (Å²) in [5.41, 5.74) is 0.463. The Bertz CT molecular complexity index is 420. The first-order valence-electron chi connectivity index (χ1n) is 6.93. The number of rotatable bonds is 7. The number of anilines is 1. The van der Waals surface area contributed by atoms with Gasteiger partial charge in [-0.05, 0) is 19.8 Å². The highest BCUT2D eigenvalue weighted by molar-refractivity contribution is 5.92. The van der Waals surface area contributed by atoms with Crippen molar-refractivity contribution < 1.29 is 4.79 Å². The number of hydrogen-bond acceptors (Lipinski definition) is 4. The fourth-order valence-electron chi connectivity index (χ4n) is 1.71. The van der Waals surface area contributed by atoms with E-state index >= 15 is 0 Å². The van der Waals surface area contributed by atoms with Crippen LogP contribution in [0.5, 0.6) is 0 Å². The Balaban J connectivity index is 2.81. The Morgan fingerprint density at radius 2 is 2.05 bits per heavy atom. The molecule has 1 heterocycles. The molecule has 106 valence electrons. The predicted molar refractivity (Wildman–Crippen MR) is 77.4 cm³/mol. The van der Waals surface area contributed by atoms with E-state index < -0.39 is 0 Å². The molecule has 0 aliphatic carbocycles. The molecule has 1 rings (SSSR count). The average Bonchev–Trinajstić information content (AvgIpc) is 2.41. The molecule has 1 aromatic heterocycles. The summed E-state index contributed by atoms with van der Waals surface area (Å²) in [6.07, 6.45) is 3.10. The summed E-state index contributed by atoms with van der Waals surface area (Å²) in [4.78, 5) is 22.5. The normalized spacial score (nSPS) is 10.3. The summed E-state index contributed by atoms with van der Waals surface area (Å²) >= 11 is 0. The zero-order chi connectivity index (χ0) is 14.3. The van der Waals surface area contributed by atoms with Crippen molar-refractivity contribution in [2.45, 2.75) is 40.0 Å². The second kappa shape index (κ2) is 7.71. The summed E-state index contributed by atoms with van der Waals surface area (Å²) in [6.45, 7) is 7.61. The number of aryl methyl sites for hydroxylation is 1. The maximum atomic E-state index is 12.2. The van der Waals surface area contributed by atoms with Crippen LogP contribution in [0.2, 0.25) is 0 Å². The van der Waals surface area contributed by atoms with Gasteiger partial charge in [0, 0.05) is 26.2 Å². The SMILES string of the molecule is CCCCN(C)C(=O)c1cc(NCCC)nc(C)n1. The molecule has 0 aromatic carbocycles. The van der Waals surface area contributed by atoms with Gasteiger partial charge in [-0.1, -0.05) is 20.3 Å². The van der Waals surface area contributed by atoms with Crippen LogP contribution in [0.1, 0.15) is 49.4 Å². The van der Waals surface area contributed by atoms with Crippen molar-refractivity contribution in [2.24, 2.45) is 0 Å². The molecule has 0 saturated heterocycles. The lowest BCUT2D eigenvalue weighted by Gasteiger charge is -2.16. The number of carbonyl (C=O) groups is 1. The average molecular weight is 264 g/mol. The highest BCUT2D eigenvalue weighted by atomic mass is 16.2. The molecule has 0 fully saturated rings. The quantitative estimate of drug-likeness (QED) is 0.822. The van der Waals surface area contributed by atoms with Gasteiger partial charge in [0.15, 0.2) is 0 Å². The number of hydrogen-bond donors (Lipinski definition) is 1. The number of unbranched alkanes of at least 4 members (excludes halogenated alkanes) is 1. The van der Waals surface area contributed by atoms with Crippen LogP contribution < -0.4 is 5.32 Å². The second-order valence-corrected chi connectivity index (χ2v) is 4.69. The molecule has 1 amide bonds. The molecule has 1 N–H and O–H groups in total. The zero-order valence-corrected chi connectivity index (χ0v) is 12.4. The number of nitrogens with zero attached hydrogens (tertiary/aromatic N) is 3. The maximum Gasteiger partial charge on any atom is 0.272 e. The molecule has 5 heteroatoms. The van der Waals surface area contributed by atoms with Crippen LogP contribution in [0, 0.1) is 6.92 Å². The van der Waals surface area contributed by atoms with Crippen LogP contribution in [0.15, 0.2) is 6.07 Å². The summed E-state index contributed by atoms with van der Waals surface area (Å²) in [7, 11) is 1.81. The van der Waals surface area contributed by atoms with Crippen LogP contribution in [-0.4, -0.2) is 40.9 Å². The van der Waals surface area contributed by atoms with Gasteiger partial charge in [0.2, 0.25) is 0 Å². The van der Waals surface area contributed by atoms with Gasteiger partial charge in [-0.15, -0.1) is 0 Å². The molecule has 0 atom stereocenters. The van der Waals surface area contributed by atoms with E-state index in [1.807, 2.05) is 7.05 Å². The lowest BCUT2D eigenvalue weighted by Crippen LogP contribution is -2.28. The largest absolute Gasteiger partial charge is 0.370 e. The number of amides is 1. The molecule has 19 heavy (non-hydrogen) atoms. The Labute approximate surface area is 115 Å². The Morgan fingerprint density at radius 1 is 1.32 bits per heavy atom. The number of nitrogens with one attached hydrogen (secondary N) is 1. The molecule has 5 nitrogen and oxygen atoms in total. The molecule has 0 radical (unpaired) electrons. The van der Waals surface area contributed by atoms with Gasteiger partial charge < -0.3 is 10.2 Å². The Morgan fingerprint density at radius 3 is 2.68 bits per heavy atom.